The number of hydrogen-bond acceptors (Lipinski definition) is 5. The van der Waals surface area contributed by atoms with Gasteiger partial charge in [0.05, 0.1) is 17.4 Å². The molecule has 0 N–H and O–H groups in total. The lowest BCUT2D eigenvalue weighted by molar-refractivity contribution is -0.143. The van der Waals surface area contributed by atoms with E-state index in [4.69, 9.17) is 20.5 Å². The monoisotopic (exact) mass is 382 g/mol. The van der Waals surface area contributed by atoms with Gasteiger partial charge in [-0.1, -0.05) is 48.0 Å². The Balaban J connectivity index is 2.01. The van der Waals surface area contributed by atoms with Gasteiger partial charge in [-0.2, -0.15) is 8.42 Å². The van der Waals surface area contributed by atoms with E-state index in [1.165, 1.54) is 6.07 Å². The van der Waals surface area contributed by atoms with Crippen molar-refractivity contribution in [2.45, 2.75) is 19.8 Å². The quantitative estimate of drug-likeness (QED) is 0.508. The third-order valence-corrected chi connectivity index (χ3v) is 4.85. The van der Waals surface area contributed by atoms with Crippen molar-refractivity contribution in [1.82, 2.24) is 0 Å². The molecule has 0 aliphatic rings. The van der Waals surface area contributed by atoms with Crippen molar-refractivity contribution in [3.63, 3.8) is 0 Å². The van der Waals surface area contributed by atoms with Crippen molar-refractivity contribution in [1.29, 1.82) is 0 Å². The Morgan fingerprint density at radius 3 is 2.44 bits per heavy atom. The van der Waals surface area contributed by atoms with E-state index in [0.29, 0.717) is 0 Å². The van der Waals surface area contributed by atoms with Crippen LogP contribution < -0.4 is 4.18 Å². The molecule has 5 nitrogen and oxygen atoms in total. The first-order chi connectivity index (χ1) is 11.9. The first kappa shape index (κ1) is 19.3. The number of carbonyl (C=O) groups is 1. The van der Waals surface area contributed by atoms with Crippen LogP contribution in [0, 0.1) is 0 Å². The van der Waals surface area contributed by atoms with E-state index in [0.717, 1.165) is 11.1 Å². The van der Waals surface area contributed by atoms with Crippen LogP contribution in [0.1, 0.15) is 19.8 Å². The molecule has 0 heterocycles. The number of hydrogen-bond donors (Lipinski definition) is 0. The van der Waals surface area contributed by atoms with Crippen LogP contribution in [0.4, 0.5) is 0 Å². The van der Waals surface area contributed by atoms with E-state index in [9.17, 15) is 13.2 Å². The van der Waals surface area contributed by atoms with E-state index in [1.54, 1.807) is 19.1 Å². The molecule has 0 aromatic heterocycles. The molecule has 2 aromatic rings. The smallest absolute Gasteiger partial charge is 0.309 e. The van der Waals surface area contributed by atoms with Crippen LogP contribution in [-0.2, 0) is 19.6 Å². The number of carbonyl (C=O) groups excluding carboxylic acids is 1. The summed E-state index contributed by atoms with van der Waals surface area (Å²) in [5, 5.41) is 0.204. The molecule has 0 aliphatic heterocycles. The molecule has 2 aromatic carbocycles. The van der Waals surface area contributed by atoms with Gasteiger partial charge in [0.25, 0.3) is 0 Å². The molecular weight excluding hydrogens is 364 g/mol. The SMILES string of the molecule is CCOC(=O)CCCS(=O)(=O)Oc1ccc(-c2ccccc2)cc1Cl. The fraction of sp³-hybridized carbons (Fsp3) is 0.278. The van der Waals surface area contributed by atoms with Gasteiger partial charge in [-0.05, 0) is 36.6 Å². The second kappa shape index (κ2) is 8.87. The Morgan fingerprint density at radius 1 is 1.08 bits per heavy atom. The summed E-state index contributed by atoms with van der Waals surface area (Å²) in [6.45, 7) is 1.96. The number of esters is 1. The minimum atomic E-state index is -3.84. The molecule has 134 valence electrons. The van der Waals surface area contributed by atoms with Crippen molar-refractivity contribution < 1.29 is 22.1 Å². The summed E-state index contributed by atoms with van der Waals surface area (Å²) in [4.78, 5) is 11.2. The molecule has 0 fully saturated rings. The maximum absolute atomic E-state index is 12.0. The summed E-state index contributed by atoms with van der Waals surface area (Å²) in [6.07, 6.45) is 0.151. The van der Waals surface area contributed by atoms with Gasteiger partial charge in [-0.15, -0.1) is 0 Å². The zero-order valence-corrected chi connectivity index (χ0v) is 15.3. The second-order valence-electron chi connectivity index (χ2n) is 5.26. The van der Waals surface area contributed by atoms with Gasteiger partial charge in [0.15, 0.2) is 5.75 Å². The fourth-order valence-electron chi connectivity index (χ4n) is 2.18. The van der Waals surface area contributed by atoms with E-state index in [-0.39, 0.29) is 36.0 Å². The molecule has 2 rings (SSSR count). The Kier molecular flexibility index (Phi) is 6.84. The lowest BCUT2D eigenvalue weighted by atomic mass is 10.1. The molecule has 0 amide bonds. The summed E-state index contributed by atoms with van der Waals surface area (Å²) in [7, 11) is -3.84. The summed E-state index contributed by atoms with van der Waals surface area (Å²) < 4.78 is 33.8. The first-order valence-electron chi connectivity index (χ1n) is 7.84. The minimum Gasteiger partial charge on any atom is -0.466 e. The lowest BCUT2D eigenvalue weighted by Gasteiger charge is -2.10. The lowest BCUT2D eigenvalue weighted by Crippen LogP contribution is -2.15. The number of ether oxygens (including phenoxy) is 1. The summed E-state index contributed by atoms with van der Waals surface area (Å²) in [5.41, 5.74) is 1.82. The third kappa shape index (κ3) is 6.07. The van der Waals surface area contributed by atoms with Crippen LogP contribution in [0.2, 0.25) is 5.02 Å². The number of benzene rings is 2. The highest BCUT2D eigenvalue weighted by molar-refractivity contribution is 7.87. The van der Waals surface area contributed by atoms with Gasteiger partial charge in [-0.3, -0.25) is 4.79 Å². The maximum atomic E-state index is 12.0. The van der Waals surface area contributed by atoms with Crippen LogP contribution in [0.25, 0.3) is 11.1 Å². The van der Waals surface area contributed by atoms with Gasteiger partial charge in [0, 0.05) is 6.42 Å². The fourth-order valence-corrected chi connectivity index (χ4v) is 3.45. The molecule has 0 saturated heterocycles. The van der Waals surface area contributed by atoms with E-state index < -0.39 is 16.1 Å². The normalized spacial score (nSPS) is 11.1. The Hall–Kier alpha value is -2.05. The molecule has 0 saturated carbocycles. The van der Waals surface area contributed by atoms with Gasteiger partial charge in [-0.25, -0.2) is 0 Å². The van der Waals surface area contributed by atoms with Crippen molar-refractivity contribution in [2.75, 3.05) is 12.4 Å². The second-order valence-corrected chi connectivity index (χ2v) is 7.36. The molecule has 0 spiro atoms. The minimum absolute atomic E-state index is 0.0249. The predicted octanol–water partition coefficient (Wildman–Crippen LogP) is 4.06. The highest BCUT2D eigenvalue weighted by Gasteiger charge is 2.16. The van der Waals surface area contributed by atoms with Crippen molar-refractivity contribution in [2.24, 2.45) is 0 Å². The van der Waals surface area contributed by atoms with E-state index in [2.05, 4.69) is 0 Å². The molecule has 0 unspecified atom stereocenters. The first-order valence-corrected chi connectivity index (χ1v) is 9.79. The Labute approximate surface area is 152 Å². The summed E-state index contributed by atoms with van der Waals surface area (Å²) >= 11 is 6.15. The molecule has 0 atom stereocenters. The Bertz CT molecular complexity index is 819. The number of halogens is 1. The Morgan fingerprint density at radius 2 is 1.80 bits per heavy atom. The predicted molar refractivity (Wildman–Crippen MR) is 97.2 cm³/mol. The third-order valence-electron chi connectivity index (χ3n) is 3.34. The topological polar surface area (TPSA) is 69.7 Å². The zero-order chi connectivity index (χ0) is 18.3. The summed E-state index contributed by atoms with van der Waals surface area (Å²) in [5.74, 6) is -0.650. The van der Waals surface area contributed by atoms with E-state index in [1.807, 2.05) is 30.3 Å². The van der Waals surface area contributed by atoms with Crippen LogP contribution >= 0.6 is 11.6 Å². The van der Waals surface area contributed by atoms with Crippen LogP contribution in [0.15, 0.2) is 48.5 Å². The van der Waals surface area contributed by atoms with Crippen LogP contribution in [-0.4, -0.2) is 26.7 Å². The molecular formula is C18H19ClO5S. The number of rotatable bonds is 8. The van der Waals surface area contributed by atoms with Crippen molar-refractivity contribution in [3.05, 3.63) is 53.6 Å². The highest BCUT2D eigenvalue weighted by atomic mass is 35.5. The van der Waals surface area contributed by atoms with Gasteiger partial charge < -0.3 is 8.92 Å². The summed E-state index contributed by atoms with van der Waals surface area (Å²) in [6, 6.07) is 14.5. The average Bonchev–Trinajstić information content (AvgIpc) is 2.57. The van der Waals surface area contributed by atoms with E-state index >= 15 is 0 Å². The van der Waals surface area contributed by atoms with Crippen molar-refractivity contribution in [3.8, 4) is 16.9 Å². The molecule has 0 aliphatic carbocycles. The molecule has 0 bridgehead atoms. The van der Waals surface area contributed by atoms with Crippen LogP contribution in [0.5, 0.6) is 5.75 Å². The van der Waals surface area contributed by atoms with Gasteiger partial charge in [0.2, 0.25) is 0 Å². The standard InChI is InChI=1S/C18H19ClO5S/c1-2-23-18(20)9-6-12-25(21,22)24-17-11-10-15(13-16(17)19)14-7-4-3-5-8-14/h3-5,7-8,10-11,13H,2,6,9,12H2,1H3. The van der Waals surface area contributed by atoms with Gasteiger partial charge in [0.1, 0.15) is 0 Å². The van der Waals surface area contributed by atoms with Crippen LogP contribution in [0.3, 0.4) is 0 Å². The zero-order valence-electron chi connectivity index (χ0n) is 13.8. The van der Waals surface area contributed by atoms with Crippen molar-refractivity contribution >= 4 is 27.7 Å². The molecule has 25 heavy (non-hydrogen) atoms. The van der Waals surface area contributed by atoms with Gasteiger partial charge >= 0.3 is 16.1 Å². The highest BCUT2D eigenvalue weighted by Crippen LogP contribution is 2.31. The average molecular weight is 383 g/mol. The maximum Gasteiger partial charge on any atom is 0.309 e. The molecule has 0 radical (unpaired) electrons. The largest absolute Gasteiger partial charge is 0.466 e. The molecule has 7 heteroatoms.